The Balaban J connectivity index is 2.94. The molecule has 1 aromatic heterocycles. The molecule has 0 aromatic carbocycles. The summed E-state index contributed by atoms with van der Waals surface area (Å²) in [7, 11) is 1.36. The van der Waals surface area contributed by atoms with E-state index in [0.717, 1.165) is 19.1 Å². The van der Waals surface area contributed by atoms with Crippen molar-refractivity contribution in [2.75, 3.05) is 7.11 Å². The standard InChI is InChI=1S/C12H18N2O3/c1-4-5-6-11(12(16)17-3)14-7-10(8-15)9(2)13-14/h7-8,11H,4-6H2,1-3H3. The fourth-order valence-electron chi connectivity index (χ4n) is 1.66. The van der Waals surface area contributed by atoms with Gasteiger partial charge in [-0.3, -0.25) is 9.48 Å². The second-order valence-corrected chi connectivity index (χ2v) is 3.95. The van der Waals surface area contributed by atoms with E-state index >= 15 is 0 Å². The fourth-order valence-corrected chi connectivity index (χ4v) is 1.66. The maximum atomic E-state index is 11.7. The third-order valence-electron chi connectivity index (χ3n) is 2.71. The number of aromatic nitrogens is 2. The van der Waals surface area contributed by atoms with Crippen molar-refractivity contribution in [3.63, 3.8) is 0 Å². The number of esters is 1. The second-order valence-electron chi connectivity index (χ2n) is 3.95. The highest BCUT2D eigenvalue weighted by Gasteiger charge is 2.22. The number of aryl methyl sites for hydroxylation is 1. The summed E-state index contributed by atoms with van der Waals surface area (Å²) in [5.41, 5.74) is 1.14. The molecule has 0 bridgehead atoms. The minimum atomic E-state index is -0.438. The summed E-state index contributed by atoms with van der Waals surface area (Å²) in [6, 6.07) is -0.438. The van der Waals surface area contributed by atoms with Crippen molar-refractivity contribution in [2.45, 2.75) is 39.2 Å². The number of nitrogens with zero attached hydrogens (tertiary/aromatic N) is 2. The Kier molecular flexibility index (Phi) is 4.87. The van der Waals surface area contributed by atoms with E-state index in [1.807, 2.05) is 0 Å². The maximum absolute atomic E-state index is 11.7. The van der Waals surface area contributed by atoms with Crippen LogP contribution < -0.4 is 0 Å². The lowest BCUT2D eigenvalue weighted by molar-refractivity contribution is -0.145. The lowest BCUT2D eigenvalue weighted by atomic mass is 10.1. The Morgan fingerprint density at radius 2 is 2.35 bits per heavy atom. The van der Waals surface area contributed by atoms with E-state index in [1.165, 1.54) is 11.8 Å². The Hall–Kier alpha value is -1.65. The molecule has 0 aliphatic carbocycles. The summed E-state index contributed by atoms with van der Waals surface area (Å²) >= 11 is 0. The lowest BCUT2D eigenvalue weighted by Gasteiger charge is -2.14. The molecular weight excluding hydrogens is 220 g/mol. The quantitative estimate of drug-likeness (QED) is 0.561. The predicted octanol–water partition coefficient (Wildman–Crippen LogP) is 1.91. The largest absolute Gasteiger partial charge is 0.467 e. The van der Waals surface area contributed by atoms with E-state index in [1.54, 1.807) is 13.1 Å². The zero-order valence-corrected chi connectivity index (χ0v) is 10.5. The van der Waals surface area contributed by atoms with E-state index < -0.39 is 6.04 Å². The molecule has 0 aliphatic rings. The Labute approximate surface area is 101 Å². The van der Waals surface area contributed by atoms with Gasteiger partial charge in [0.1, 0.15) is 6.04 Å². The van der Waals surface area contributed by atoms with E-state index in [4.69, 9.17) is 4.74 Å². The average Bonchev–Trinajstić information content (AvgIpc) is 2.70. The predicted molar refractivity (Wildman–Crippen MR) is 62.9 cm³/mol. The molecule has 5 nitrogen and oxygen atoms in total. The molecule has 0 N–H and O–H groups in total. The molecule has 0 saturated carbocycles. The van der Waals surface area contributed by atoms with Crippen LogP contribution in [-0.2, 0) is 9.53 Å². The fraction of sp³-hybridized carbons (Fsp3) is 0.583. The third-order valence-corrected chi connectivity index (χ3v) is 2.71. The van der Waals surface area contributed by atoms with Gasteiger partial charge in [0.15, 0.2) is 6.29 Å². The van der Waals surface area contributed by atoms with Gasteiger partial charge in [0.05, 0.1) is 18.4 Å². The van der Waals surface area contributed by atoms with Crippen LogP contribution in [0.2, 0.25) is 0 Å². The Morgan fingerprint density at radius 3 is 2.82 bits per heavy atom. The summed E-state index contributed by atoms with van der Waals surface area (Å²) in [5.74, 6) is -0.321. The van der Waals surface area contributed by atoms with Crippen molar-refractivity contribution in [2.24, 2.45) is 0 Å². The van der Waals surface area contributed by atoms with Gasteiger partial charge in [0.25, 0.3) is 0 Å². The molecule has 0 fully saturated rings. The van der Waals surface area contributed by atoms with Crippen LogP contribution in [0.1, 0.15) is 48.3 Å². The molecule has 94 valence electrons. The first-order valence-corrected chi connectivity index (χ1v) is 5.72. The van der Waals surface area contributed by atoms with Gasteiger partial charge in [-0.15, -0.1) is 0 Å². The monoisotopic (exact) mass is 238 g/mol. The number of unbranched alkanes of at least 4 members (excludes halogenated alkanes) is 1. The van der Waals surface area contributed by atoms with Crippen LogP contribution in [0.25, 0.3) is 0 Å². The molecule has 17 heavy (non-hydrogen) atoms. The first kappa shape index (κ1) is 13.4. The molecule has 1 unspecified atom stereocenters. The summed E-state index contributed by atoms with van der Waals surface area (Å²) in [6.45, 7) is 3.80. The van der Waals surface area contributed by atoms with Crippen LogP contribution in [0, 0.1) is 6.92 Å². The van der Waals surface area contributed by atoms with Crippen LogP contribution in [0.15, 0.2) is 6.20 Å². The van der Waals surface area contributed by atoms with Crippen molar-refractivity contribution in [1.29, 1.82) is 0 Å². The average molecular weight is 238 g/mol. The summed E-state index contributed by atoms with van der Waals surface area (Å²) in [4.78, 5) is 22.4. The SMILES string of the molecule is CCCCC(C(=O)OC)n1cc(C=O)c(C)n1. The number of hydrogen-bond donors (Lipinski definition) is 0. The van der Waals surface area contributed by atoms with Crippen molar-refractivity contribution in [3.8, 4) is 0 Å². The minimum Gasteiger partial charge on any atom is -0.467 e. The van der Waals surface area contributed by atoms with E-state index in [2.05, 4.69) is 12.0 Å². The highest BCUT2D eigenvalue weighted by molar-refractivity contribution is 5.77. The van der Waals surface area contributed by atoms with Gasteiger partial charge in [-0.2, -0.15) is 5.10 Å². The zero-order chi connectivity index (χ0) is 12.8. The van der Waals surface area contributed by atoms with Gasteiger partial charge in [-0.1, -0.05) is 19.8 Å². The molecule has 1 heterocycles. The molecule has 5 heteroatoms. The molecular formula is C12H18N2O3. The van der Waals surface area contributed by atoms with E-state index in [9.17, 15) is 9.59 Å². The maximum Gasteiger partial charge on any atom is 0.330 e. The smallest absolute Gasteiger partial charge is 0.330 e. The number of carbonyl (C=O) groups excluding carboxylic acids is 2. The van der Waals surface area contributed by atoms with Crippen molar-refractivity contribution >= 4 is 12.3 Å². The molecule has 0 aliphatic heterocycles. The van der Waals surface area contributed by atoms with Crippen LogP contribution in [0.3, 0.4) is 0 Å². The van der Waals surface area contributed by atoms with Gasteiger partial charge in [-0.25, -0.2) is 4.79 Å². The van der Waals surface area contributed by atoms with Gasteiger partial charge in [0.2, 0.25) is 0 Å². The molecule has 1 aromatic rings. The van der Waals surface area contributed by atoms with Gasteiger partial charge < -0.3 is 4.74 Å². The van der Waals surface area contributed by atoms with Crippen molar-refractivity contribution in [3.05, 3.63) is 17.5 Å². The lowest BCUT2D eigenvalue weighted by Crippen LogP contribution is -2.21. The molecule has 0 saturated heterocycles. The number of rotatable bonds is 6. The number of aldehydes is 1. The van der Waals surface area contributed by atoms with Crippen molar-refractivity contribution < 1.29 is 14.3 Å². The Bertz CT molecular complexity index is 398. The summed E-state index contributed by atoms with van der Waals surface area (Å²) in [5, 5.41) is 4.19. The zero-order valence-electron chi connectivity index (χ0n) is 10.5. The third kappa shape index (κ3) is 3.15. The molecule has 0 radical (unpaired) electrons. The Morgan fingerprint density at radius 1 is 1.65 bits per heavy atom. The van der Waals surface area contributed by atoms with Crippen LogP contribution >= 0.6 is 0 Å². The topological polar surface area (TPSA) is 61.2 Å². The molecule has 0 amide bonds. The minimum absolute atomic E-state index is 0.321. The van der Waals surface area contributed by atoms with Crippen molar-refractivity contribution in [1.82, 2.24) is 9.78 Å². The number of carbonyl (C=O) groups is 2. The highest BCUT2D eigenvalue weighted by atomic mass is 16.5. The van der Waals surface area contributed by atoms with Crippen LogP contribution in [0.4, 0.5) is 0 Å². The summed E-state index contributed by atoms with van der Waals surface area (Å²) in [6.07, 6.45) is 4.92. The normalized spacial score (nSPS) is 12.2. The number of hydrogen-bond acceptors (Lipinski definition) is 4. The van der Waals surface area contributed by atoms with Crippen LogP contribution in [-0.4, -0.2) is 29.1 Å². The second kappa shape index (κ2) is 6.18. The summed E-state index contributed by atoms with van der Waals surface area (Å²) < 4.78 is 6.29. The van der Waals surface area contributed by atoms with E-state index in [0.29, 0.717) is 17.7 Å². The van der Waals surface area contributed by atoms with Gasteiger partial charge in [-0.05, 0) is 13.3 Å². The first-order valence-electron chi connectivity index (χ1n) is 5.72. The molecule has 1 rings (SSSR count). The van der Waals surface area contributed by atoms with Crippen LogP contribution in [0.5, 0.6) is 0 Å². The first-order chi connectivity index (χ1) is 8.13. The number of ether oxygens (including phenoxy) is 1. The molecule has 1 atom stereocenters. The number of methoxy groups -OCH3 is 1. The van der Waals surface area contributed by atoms with E-state index in [-0.39, 0.29) is 5.97 Å². The van der Waals surface area contributed by atoms with Gasteiger partial charge >= 0.3 is 5.97 Å². The highest BCUT2D eigenvalue weighted by Crippen LogP contribution is 2.17. The van der Waals surface area contributed by atoms with Gasteiger partial charge in [0, 0.05) is 6.20 Å². The molecule has 0 spiro atoms.